The van der Waals surface area contributed by atoms with Crippen LogP contribution in [0.1, 0.15) is 44.1 Å². The minimum atomic E-state index is -0.807. The number of rotatable bonds is 2. The molecular formula is C23H24O2. The lowest BCUT2D eigenvalue weighted by Gasteiger charge is -2.38. The van der Waals surface area contributed by atoms with E-state index in [-0.39, 0.29) is 11.2 Å². The maximum Gasteiger partial charge on any atom is 0.162 e. The molecule has 2 saturated carbocycles. The second-order valence-corrected chi connectivity index (χ2v) is 7.39. The number of hydrogen-bond donors (Lipinski definition) is 1. The quantitative estimate of drug-likeness (QED) is 0.838. The van der Waals surface area contributed by atoms with Gasteiger partial charge in [-0.2, -0.15) is 0 Å². The van der Waals surface area contributed by atoms with Crippen LogP contribution in [-0.2, 0) is 4.79 Å². The molecule has 2 heteroatoms. The van der Waals surface area contributed by atoms with Gasteiger partial charge in [0.05, 0.1) is 0 Å². The van der Waals surface area contributed by atoms with Gasteiger partial charge in [0.15, 0.2) is 5.78 Å². The third-order valence-electron chi connectivity index (χ3n) is 5.94. The highest BCUT2D eigenvalue weighted by Crippen LogP contribution is 2.52. The van der Waals surface area contributed by atoms with Crippen molar-refractivity contribution in [2.75, 3.05) is 0 Å². The van der Waals surface area contributed by atoms with Crippen LogP contribution in [0.2, 0.25) is 0 Å². The summed E-state index contributed by atoms with van der Waals surface area (Å²) >= 11 is 0. The molecule has 2 aliphatic carbocycles. The minimum absolute atomic E-state index is 0.0264. The molecule has 2 aromatic carbocycles. The van der Waals surface area contributed by atoms with Crippen LogP contribution >= 0.6 is 0 Å². The van der Waals surface area contributed by atoms with E-state index < -0.39 is 6.10 Å². The van der Waals surface area contributed by atoms with Crippen LogP contribution < -0.4 is 0 Å². The summed E-state index contributed by atoms with van der Waals surface area (Å²) in [5, 5.41) is 10.6. The molecule has 2 aromatic rings. The van der Waals surface area contributed by atoms with Crippen molar-refractivity contribution in [3.63, 3.8) is 0 Å². The number of carbonyl (C=O) groups excluding carboxylic acids is 1. The number of hydrogen-bond acceptors (Lipinski definition) is 2. The lowest BCUT2D eigenvalue weighted by Crippen LogP contribution is -2.43. The lowest BCUT2D eigenvalue weighted by molar-refractivity contribution is -0.136. The van der Waals surface area contributed by atoms with Crippen molar-refractivity contribution in [1.29, 1.82) is 0 Å². The van der Waals surface area contributed by atoms with Crippen LogP contribution in [0.4, 0.5) is 0 Å². The fourth-order valence-electron chi connectivity index (χ4n) is 4.58. The van der Waals surface area contributed by atoms with Gasteiger partial charge in [0.1, 0.15) is 6.10 Å². The molecule has 128 valence electrons. The van der Waals surface area contributed by atoms with Gasteiger partial charge in [-0.05, 0) is 48.8 Å². The monoisotopic (exact) mass is 332 g/mol. The zero-order valence-electron chi connectivity index (χ0n) is 14.4. The number of benzene rings is 2. The Bertz CT molecular complexity index is 789. The molecule has 2 nitrogen and oxygen atoms in total. The summed E-state index contributed by atoms with van der Waals surface area (Å²) in [4.78, 5) is 12.1. The Kier molecular flexibility index (Phi) is 4.30. The maximum atomic E-state index is 12.1. The van der Waals surface area contributed by atoms with E-state index in [0.717, 1.165) is 37.7 Å². The fourth-order valence-corrected chi connectivity index (χ4v) is 4.58. The molecule has 0 bridgehead atoms. The van der Waals surface area contributed by atoms with Gasteiger partial charge >= 0.3 is 0 Å². The molecule has 0 unspecified atom stereocenters. The van der Waals surface area contributed by atoms with E-state index in [1.54, 1.807) is 0 Å². The predicted molar refractivity (Wildman–Crippen MR) is 101 cm³/mol. The summed E-state index contributed by atoms with van der Waals surface area (Å²) in [7, 11) is 0. The Balaban J connectivity index is 1.63. The number of Topliss-reactive ketones (excluding diaryl/α,β-unsaturated/α-hetero) is 1. The summed E-state index contributed by atoms with van der Waals surface area (Å²) < 4.78 is 0. The van der Waals surface area contributed by atoms with Crippen LogP contribution in [-0.4, -0.2) is 17.0 Å². The summed E-state index contributed by atoms with van der Waals surface area (Å²) in [5.74, 6) is 0.0264. The SMILES string of the molecule is O=C1CCC[C@@]2(CCC/C2=C\c2ccc(-c3ccccc3)cc2)[C@H]1O. The maximum absolute atomic E-state index is 12.1. The largest absolute Gasteiger partial charge is 0.384 e. The first-order chi connectivity index (χ1) is 12.2. The van der Waals surface area contributed by atoms with Crippen LogP contribution in [0.5, 0.6) is 0 Å². The van der Waals surface area contributed by atoms with E-state index in [9.17, 15) is 9.90 Å². The highest BCUT2D eigenvalue weighted by Gasteiger charge is 2.48. The number of ketones is 1. The van der Waals surface area contributed by atoms with Crippen molar-refractivity contribution in [1.82, 2.24) is 0 Å². The summed E-state index contributed by atoms with van der Waals surface area (Å²) in [6.07, 6.45) is 6.77. The number of aliphatic hydroxyl groups is 1. The molecule has 0 aromatic heterocycles. The van der Waals surface area contributed by atoms with Gasteiger partial charge in [0.2, 0.25) is 0 Å². The van der Waals surface area contributed by atoms with Crippen molar-refractivity contribution in [2.45, 2.75) is 44.6 Å². The first-order valence-corrected chi connectivity index (χ1v) is 9.26. The summed E-state index contributed by atoms with van der Waals surface area (Å²) in [6, 6.07) is 18.9. The van der Waals surface area contributed by atoms with Gasteiger partial charge < -0.3 is 5.11 Å². The summed E-state index contributed by atoms with van der Waals surface area (Å²) in [6.45, 7) is 0. The molecule has 1 N–H and O–H groups in total. The first-order valence-electron chi connectivity index (χ1n) is 9.26. The van der Waals surface area contributed by atoms with Crippen LogP contribution in [0, 0.1) is 5.41 Å². The van der Waals surface area contributed by atoms with E-state index in [0.29, 0.717) is 6.42 Å². The van der Waals surface area contributed by atoms with Crippen LogP contribution in [0.15, 0.2) is 60.2 Å². The van der Waals surface area contributed by atoms with E-state index in [1.165, 1.54) is 16.7 Å². The van der Waals surface area contributed by atoms with Gasteiger partial charge in [-0.25, -0.2) is 0 Å². The average molecular weight is 332 g/mol. The molecule has 0 aliphatic heterocycles. The molecule has 2 fully saturated rings. The Morgan fingerprint density at radius 1 is 0.880 bits per heavy atom. The standard InChI is InChI=1S/C23H24O2/c24-21-9-5-15-23(22(21)25)14-4-8-20(23)16-17-10-12-19(13-11-17)18-6-2-1-3-7-18/h1-3,6-7,10-13,16,22,25H,4-5,8-9,14-15H2/b20-16+/t22-,23+/m0/s1. The molecule has 4 rings (SSSR count). The zero-order valence-corrected chi connectivity index (χ0v) is 14.4. The van der Waals surface area contributed by atoms with Gasteiger partial charge in [-0.3, -0.25) is 4.79 Å². The van der Waals surface area contributed by atoms with Crippen molar-refractivity contribution in [3.05, 3.63) is 65.7 Å². The molecule has 2 atom stereocenters. The highest BCUT2D eigenvalue weighted by atomic mass is 16.3. The number of aliphatic hydroxyl groups excluding tert-OH is 1. The second-order valence-electron chi connectivity index (χ2n) is 7.39. The third kappa shape index (κ3) is 2.96. The van der Waals surface area contributed by atoms with Gasteiger partial charge in [-0.15, -0.1) is 0 Å². The zero-order chi connectivity index (χ0) is 17.3. The normalized spacial score (nSPS) is 28.0. The average Bonchev–Trinajstić information content (AvgIpc) is 3.04. The summed E-state index contributed by atoms with van der Waals surface area (Å²) in [5.41, 5.74) is 4.54. The second kappa shape index (κ2) is 6.61. The number of carbonyl (C=O) groups is 1. The van der Waals surface area contributed by atoms with E-state index in [1.807, 2.05) is 6.07 Å². The third-order valence-corrected chi connectivity index (χ3v) is 5.94. The Morgan fingerprint density at radius 3 is 2.24 bits per heavy atom. The molecule has 1 spiro atoms. The fraction of sp³-hybridized carbons (Fsp3) is 0.348. The van der Waals surface area contributed by atoms with E-state index in [4.69, 9.17) is 0 Å². The molecule has 2 aliphatic rings. The van der Waals surface area contributed by atoms with Crippen molar-refractivity contribution < 1.29 is 9.90 Å². The Labute approximate surface area is 149 Å². The highest BCUT2D eigenvalue weighted by molar-refractivity contribution is 5.85. The Morgan fingerprint density at radius 2 is 1.52 bits per heavy atom. The van der Waals surface area contributed by atoms with E-state index >= 15 is 0 Å². The van der Waals surface area contributed by atoms with Crippen molar-refractivity contribution in [3.8, 4) is 11.1 Å². The van der Waals surface area contributed by atoms with E-state index in [2.05, 4.69) is 54.6 Å². The molecule has 0 amide bonds. The lowest BCUT2D eigenvalue weighted by atomic mass is 9.67. The molecule has 25 heavy (non-hydrogen) atoms. The van der Waals surface area contributed by atoms with Gasteiger partial charge in [0, 0.05) is 11.8 Å². The molecule has 0 saturated heterocycles. The van der Waals surface area contributed by atoms with Crippen molar-refractivity contribution >= 4 is 11.9 Å². The van der Waals surface area contributed by atoms with Crippen molar-refractivity contribution in [2.24, 2.45) is 5.41 Å². The molecule has 0 heterocycles. The predicted octanol–water partition coefficient (Wildman–Crippen LogP) is 5.02. The van der Waals surface area contributed by atoms with Gasteiger partial charge in [0.25, 0.3) is 0 Å². The van der Waals surface area contributed by atoms with Gasteiger partial charge in [-0.1, -0.05) is 66.2 Å². The first kappa shape index (κ1) is 16.3. The van der Waals surface area contributed by atoms with Crippen LogP contribution in [0.25, 0.3) is 17.2 Å². The smallest absolute Gasteiger partial charge is 0.162 e. The minimum Gasteiger partial charge on any atom is -0.384 e. The molecular weight excluding hydrogens is 308 g/mol. The molecule has 0 radical (unpaired) electrons. The topological polar surface area (TPSA) is 37.3 Å². The Hall–Kier alpha value is -2.19. The van der Waals surface area contributed by atoms with Crippen LogP contribution in [0.3, 0.4) is 0 Å².